The fraction of sp³-hybridized carbons (Fsp3) is 0.652. The summed E-state index contributed by atoms with van der Waals surface area (Å²) in [4.78, 5) is 30.2. The van der Waals surface area contributed by atoms with Crippen LogP contribution >= 0.6 is 0 Å². The van der Waals surface area contributed by atoms with E-state index in [2.05, 4.69) is 29.2 Å². The van der Waals surface area contributed by atoms with Crippen LogP contribution in [0, 0.1) is 0 Å². The first-order chi connectivity index (χ1) is 14.2. The van der Waals surface area contributed by atoms with Crippen LogP contribution in [0.15, 0.2) is 30.3 Å². The SMILES string of the molecule is CN(CCN1CCC(N(C(=O)OC(C)(C)C)[C@@H]2C[C@H]2c2ccccc2)CC1)C(N)=O. The number of likely N-dealkylation sites (N-methyl/N-ethyl adjacent to an activating group) is 1. The van der Waals surface area contributed by atoms with E-state index in [0.717, 1.165) is 38.9 Å². The molecule has 166 valence electrons. The number of ether oxygens (including phenoxy) is 1. The number of nitrogens with zero attached hydrogens (tertiary/aromatic N) is 3. The van der Waals surface area contributed by atoms with E-state index in [0.29, 0.717) is 12.5 Å². The molecule has 1 heterocycles. The van der Waals surface area contributed by atoms with E-state index >= 15 is 0 Å². The summed E-state index contributed by atoms with van der Waals surface area (Å²) in [5, 5.41) is 0. The zero-order valence-corrected chi connectivity index (χ0v) is 18.7. The van der Waals surface area contributed by atoms with Gasteiger partial charge in [0.25, 0.3) is 0 Å². The van der Waals surface area contributed by atoms with Gasteiger partial charge in [0, 0.05) is 51.2 Å². The van der Waals surface area contributed by atoms with Crippen molar-refractivity contribution in [3.63, 3.8) is 0 Å². The highest BCUT2D eigenvalue weighted by atomic mass is 16.6. The van der Waals surface area contributed by atoms with Gasteiger partial charge in [-0.05, 0) is 45.6 Å². The fourth-order valence-corrected chi connectivity index (χ4v) is 4.24. The topological polar surface area (TPSA) is 79.1 Å². The molecule has 1 aliphatic heterocycles. The molecule has 1 saturated carbocycles. The lowest BCUT2D eigenvalue weighted by atomic mass is 10.0. The Kier molecular flexibility index (Phi) is 6.91. The lowest BCUT2D eigenvalue weighted by Crippen LogP contribution is -2.51. The average Bonchev–Trinajstić information content (AvgIpc) is 3.46. The van der Waals surface area contributed by atoms with Gasteiger partial charge < -0.3 is 25.2 Å². The number of hydrogen-bond donors (Lipinski definition) is 1. The number of primary amides is 1. The molecule has 3 rings (SSSR count). The van der Waals surface area contributed by atoms with Crippen molar-refractivity contribution in [3.05, 3.63) is 35.9 Å². The van der Waals surface area contributed by atoms with E-state index in [1.54, 1.807) is 7.05 Å². The van der Waals surface area contributed by atoms with Crippen LogP contribution in [0.1, 0.15) is 51.5 Å². The maximum atomic E-state index is 13.1. The Morgan fingerprint density at radius 1 is 1.17 bits per heavy atom. The molecule has 0 bridgehead atoms. The Hall–Kier alpha value is -2.28. The Morgan fingerprint density at radius 3 is 2.37 bits per heavy atom. The molecule has 1 aromatic rings. The number of rotatable bonds is 6. The van der Waals surface area contributed by atoms with Crippen molar-refractivity contribution < 1.29 is 14.3 Å². The molecule has 3 amide bonds. The second-order valence-electron chi connectivity index (χ2n) is 9.54. The Morgan fingerprint density at radius 2 is 1.80 bits per heavy atom. The molecule has 2 aliphatic rings. The standard InChI is InChI=1S/C23H36N4O3/c1-23(2,3)30-22(29)27(20-16-19(20)17-8-6-5-7-9-17)18-10-12-26(13-11-18)15-14-25(4)21(24)28/h5-9,18-20H,10-16H2,1-4H3,(H2,24,28)/t19-,20+/m0/s1. The molecule has 2 atom stereocenters. The summed E-state index contributed by atoms with van der Waals surface area (Å²) < 4.78 is 5.79. The highest BCUT2D eigenvalue weighted by molar-refractivity contribution is 5.71. The molecular weight excluding hydrogens is 380 g/mol. The first-order valence-electron chi connectivity index (χ1n) is 10.9. The lowest BCUT2D eigenvalue weighted by Gasteiger charge is -2.39. The van der Waals surface area contributed by atoms with Crippen LogP contribution in [0.4, 0.5) is 9.59 Å². The van der Waals surface area contributed by atoms with Gasteiger partial charge in [-0.1, -0.05) is 30.3 Å². The van der Waals surface area contributed by atoms with Crippen LogP contribution in [0.25, 0.3) is 0 Å². The van der Waals surface area contributed by atoms with Crippen LogP contribution < -0.4 is 5.73 Å². The first-order valence-corrected chi connectivity index (χ1v) is 10.9. The normalized spacial score (nSPS) is 22.4. The Bertz CT molecular complexity index is 726. The van der Waals surface area contributed by atoms with Gasteiger partial charge in [-0.2, -0.15) is 0 Å². The van der Waals surface area contributed by atoms with Crippen LogP contribution in [0.5, 0.6) is 0 Å². The summed E-state index contributed by atoms with van der Waals surface area (Å²) in [6.45, 7) is 8.98. The number of nitrogens with two attached hydrogens (primary N) is 1. The molecule has 1 saturated heterocycles. The molecule has 7 heteroatoms. The van der Waals surface area contributed by atoms with Crippen LogP contribution in [0.2, 0.25) is 0 Å². The molecule has 30 heavy (non-hydrogen) atoms. The molecule has 0 spiro atoms. The zero-order chi connectivity index (χ0) is 21.9. The van der Waals surface area contributed by atoms with Gasteiger partial charge in [-0.15, -0.1) is 0 Å². The van der Waals surface area contributed by atoms with E-state index in [4.69, 9.17) is 10.5 Å². The molecule has 7 nitrogen and oxygen atoms in total. The van der Waals surface area contributed by atoms with Crippen LogP contribution in [0.3, 0.4) is 0 Å². The summed E-state index contributed by atoms with van der Waals surface area (Å²) in [5.41, 5.74) is 6.10. The molecule has 2 N–H and O–H groups in total. The van der Waals surface area contributed by atoms with Crippen molar-refractivity contribution in [1.29, 1.82) is 0 Å². The van der Waals surface area contributed by atoms with E-state index in [9.17, 15) is 9.59 Å². The first kappa shape index (κ1) is 22.4. The third-order valence-electron chi connectivity index (χ3n) is 6.02. The predicted molar refractivity (Wildman–Crippen MR) is 117 cm³/mol. The molecule has 1 aliphatic carbocycles. The number of carbonyl (C=O) groups is 2. The van der Waals surface area contributed by atoms with Crippen molar-refractivity contribution in [2.75, 3.05) is 33.2 Å². The van der Waals surface area contributed by atoms with Crippen molar-refractivity contribution in [2.45, 2.75) is 63.6 Å². The van der Waals surface area contributed by atoms with Gasteiger partial charge in [0.05, 0.1) is 0 Å². The number of likely N-dealkylation sites (tertiary alicyclic amines) is 1. The third-order valence-corrected chi connectivity index (χ3v) is 6.02. The van der Waals surface area contributed by atoms with E-state index in [1.165, 1.54) is 10.5 Å². The quantitative estimate of drug-likeness (QED) is 0.772. The Balaban J connectivity index is 1.62. The smallest absolute Gasteiger partial charge is 0.410 e. The molecule has 1 aromatic carbocycles. The second-order valence-corrected chi connectivity index (χ2v) is 9.54. The minimum absolute atomic E-state index is 0.184. The number of hydrogen-bond acceptors (Lipinski definition) is 4. The number of piperidine rings is 1. The second kappa shape index (κ2) is 9.25. The Labute approximate surface area is 180 Å². The van der Waals surface area contributed by atoms with Crippen molar-refractivity contribution in [3.8, 4) is 0 Å². The molecule has 0 aromatic heterocycles. The van der Waals surface area contributed by atoms with Crippen LogP contribution in [-0.4, -0.2) is 77.7 Å². The number of carbonyl (C=O) groups excluding carboxylic acids is 2. The monoisotopic (exact) mass is 416 g/mol. The third kappa shape index (κ3) is 5.88. The highest BCUT2D eigenvalue weighted by Crippen LogP contribution is 2.46. The molecule has 0 radical (unpaired) electrons. The van der Waals surface area contributed by atoms with Gasteiger partial charge in [0.15, 0.2) is 0 Å². The largest absolute Gasteiger partial charge is 0.444 e. The minimum atomic E-state index is -0.507. The van der Waals surface area contributed by atoms with E-state index in [-0.39, 0.29) is 18.2 Å². The van der Waals surface area contributed by atoms with Gasteiger partial charge in [0.2, 0.25) is 0 Å². The lowest BCUT2D eigenvalue weighted by molar-refractivity contribution is 0.00509. The maximum Gasteiger partial charge on any atom is 0.410 e. The average molecular weight is 417 g/mol. The van der Waals surface area contributed by atoms with Gasteiger partial charge in [-0.25, -0.2) is 9.59 Å². The summed E-state index contributed by atoms with van der Waals surface area (Å²) in [7, 11) is 1.72. The number of benzene rings is 1. The van der Waals surface area contributed by atoms with Crippen LogP contribution in [-0.2, 0) is 4.74 Å². The summed E-state index contributed by atoms with van der Waals surface area (Å²) >= 11 is 0. The van der Waals surface area contributed by atoms with Gasteiger partial charge in [-0.3, -0.25) is 0 Å². The van der Waals surface area contributed by atoms with Gasteiger partial charge in [0.1, 0.15) is 5.60 Å². The van der Waals surface area contributed by atoms with Gasteiger partial charge >= 0.3 is 12.1 Å². The summed E-state index contributed by atoms with van der Waals surface area (Å²) in [6, 6.07) is 10.4. The maximum absolute atomic E-state index is 13.1. The zero-order valence-electron chi connectivity index (χ0n) is 18.7. The van der Waals surface area contributed by atoms with Crippen molar-refractivity contribution in [1.82, 2.24) is 14.7 Å². The minimum Gasteiger partial charge on any atom is -0.444 e. The van der Waals surface area contributed by atoms with E-state index < -0.39 is 11.6 Å². The number of amides is 3. The summed E-state index contributed by atoms with van der Waals surface area (Å²) in [5.74, 6) is 0.390. The highest BCUT2D eigenvalue weighted by Gasteiger charge is 2.48. The number of urea groups is 1. The fourth-order valence-electron chi connectivity index (χ4n) is 4.24. The van der Waals surface area contributed by atoms with E-state index in [1.807, 2.05) is 31.7 Å². The van der Waals surface area contributed by atoms with Crippen molar-refractivity contribution >= 4 is 12.1 Å². The predicted octanol–water partition coefficient (Wildman–Crippen LogP) is 3.25. The molecule has 0 unspecified atom stereocenters. The molecule has 2 fully saturated rings. The molecular formula is C23H36N4O3. The van der Waals surface area contributed by atoms with Crippen molar-refractivity contribution in [2.24, 2.45) is 5.73 Å². The summed E-state index contributed by atoms with van der Waals surface area (Å²) in [6.07, 6.45) is 2.62.